The number of nitrogens with one attached hydrogen (secondary N) is 1. The zero-order valence-corrected chi connectivity index (χ0v) is 27.2. The lowest BCUT2D eigenvalue weighted by Crippen LogP contribution is -2.32. The summed E-state index contributed by atoms with van der Waals surface area (Å²) in [5.74, 6) is 0.795. The number of urea groups is 1. The summed E-state index contributed by atoms with van der Waals surface area (Å²) in [7, 11) is 0. The van der Waals surface area contributed by atoms with E-state index in [2.05, 4.69) is 45.9 Å². The molecule has 0 aliphatic carbocycles. The molecule has 0 spiro atoms. The highest BCUT2D eigenvalue weighted by atomic mass is 32.2. The summed E-state index contributed by atoms with van der Waals surface area (Å²) in [4.78, 5) is 35.7. The molecule has 5 rings (SSSR count). The van der Waals surface area contributed by atoms with Crippen molar-refractivity contribution in [1.82, 2.24) is 20.1 Å². The number of aliphatic imine (C=N–C) groups is 1. The first-order valence-electron chi connectivity index (χ1n) is 15.2. The molecule has 3 amide bonds. The highest BCUT2D eigenvalue weighted by molar-refractivity contribution is 8.15. The molecular formula is C34H35F3N6O3S. The monoisotopic (exact) mass is 664 g/mol. The Morgan fingerprint density at radius 2 is 1.79 bits per heavy atom. The molecule has 1 saturated heterocycles. The van der Waals surface area contributed by atoms with Crippen LogP contribution >= 0.6 is 11.8 Å². The highest BCUT2D eigenvalue weighted by Gasteiger charge is 2.33. The van der Waals surface area contributed by atoms with Crippen molar-refractivity contribution in [2.45, 2.75) is 52.8 Å². The van der Waals surface area contributed by atoms with Crippen LogP contribution in [0.3, 0.4) is 0 Å². The molecule has 1 aliphatic rings. The van der Waals surface area contributed by atoms with Crippen LogP contribution in [-0.2, 0) is 11.2 Å². The Hall–Kier alpha value is -4.65. The SMILES string of the molecule is Cc1cccc(N2C(=O)CSC2=NC(=O)NCCC(C)Cc2ccc(-c3ncn(-c4ccc(OC(F)(F)F)cc4)n3)cc2)c1C(C)C. The van der Waals surface area contributed by atoms with Gasteiger partial charge >= 0.3 is 12.4 Å². The Kier molecular flexibility index (Phi) is 10.3. The number of nitrogens with zero attached hydrogens (tertiary/aromatic N) is 5. The van der Waals surface area contributed by atoms with E-state index in [1.165, 1.54) is 47.0 Å². The Bertz CT molecular complexity index is 1750. The number of rotatable bonds is 10. The van der Waals surface area contributed by atoms with Crippen LogP contribution in [0.2, 0.25) is 0 Å². The molecular weight excluding hydrogens is 629 g/mol. The fourth-order valence-electron chi connectivity index (χ4n) is 5.46. The van der Waals surface area contributed by atoms with Crippen LogP contribution in [0.15, 0.2) is 78.0 Å². The van der Waals surface area contributed by atoms with Gasteiger partial charge in [-0.05, 0) is 78.6 Å². The number of amides is 3. The van der Waals surface area contributed by atoms with Crippen molar-refractivity contribution in [2.24, 2.45) is 10.9 Å². The molecule has 0 bridgehead atoms. The Labute approximate surface area is 275 Å². The molecule has 13 heteroatoms. The summed E-state index contributed by atoms with van der Waals surface area (Å²) in [6.07, 6.45) is -1.72. The maximum atomic E-state index is 12.8. The summed E-state index contributed by atoms with van der Waals surface area (Å²) in [6.45, 7) is 8.74. The van der Waals surface area contributed by atoms with Gasteiger partial charge in [-0.1, -0.05) is 68.9 Å². The predicted molar refractivity (Wildman–Crippen MR) is 177 cm³/mol. The van der Waals surface area contributed by atoms with E-state index in [-0.39, 0.29) is 29.2 Å². The number of carbonyl (C=O) groups is 2. The van der Waals surface area contributed by atoms with Gasteiger partial charge in [0.1, 0.15) is 12.1 Å². The van der Waals surface area contributed by atoms with E-state index in [4.69, 9.17) is 0 Å². The molecule has 2 heterocycles. The lowest BCUT2D eigenvalue weighted by Gasteiger charge is -2.23. The second-order valence-electron chi connectivity index (χ2n) is 11.7. The molecule has 1 fully saturated rings. The summed E-state index contributed by atoms with van der Waals surface area (Å²) in [5.41, 5.74) is 5.39. The van der Waals surface area contributed by atoms with Gasteiger partial charge < -0.3 is 10.1 Å². The quantitative estimate of drug-likeness (QED) is 0.187. The van der Waals surface area contributed by atoms with Crippen LogP contribution in [0.1, 0.15) is 49.8 Å². The fraction of sp³-hybridized carbons (Fsp3) is 0.324. The molecule has 3 aromatic carbocycles. The lowest BCUT2D eigenvalue weighted by atomic mass is 9.95. The highest BCUT2D eigenvalue weighted by Crippen LogP contribution is 2.35. The number of amidine groups is 1. The first-order valence-corrected chi connectivity index (χ1v) is 16.2. The van der Waals surface area contributed by atoms with Crippen LogP contribution in [0.4, 0.5) is 23.7 Å². The van der Waals surface area contributed by atoms with Crippen LogP contribution in [0.5, 0.6) is 5.75 Å². The first kappa shape index (κ1) is 33.7. The van der Waals surface area contributed by atoms with E-state index < -0.39 is 12.4 Å². The number of ether oxygens (including phenoxy) is 1. The number of benzene rings is 3. The van der Waals surface area contributed by atoms with Gasteiger partial charge in [0.2, 0.25) is 5.91 Å². The van der Waals surface area contributed by atoms with Gasteiger partial charge in [-0.15, -0.1) is 18.3 Å². The van der Waals surface area contributed by atoms with Gasteiger partial charge in [-0.25, -0.2) is 14.5 Å². The van der Waals surface area contributed by atoms with E-state index in [0.29, 0.717) is 23.2 Å². The van der Waals surface area contributed by atoms with Gasteiger partial charge in [-0.3, -0.25) is 9.69 Å². The normalized spacial score (nSPS) is 15.0. The molecule has 0 saturated carbocycles. The minimum absolute atomic E-state index is 0.0917. The third-order valence-corrected chi connectivity index (χ3v) is 8.54. The van der Waals surface area contributed by atoms with Crippen molar-refractivity contribution in [3.8, 4) is 22.8 Å². The van der Waals surface area contributed by atoms with E-state index in [1.54, 1.807) is 4.90 Å². The van der Waals surface area contributed by atoms with Crippen molar-refractivity contribution >= 4 is 34.6 Å². The maximum Gasteiger partial charge on any atom is 0.573 e. The average molecular weight is 665 g/mol. The smallest absolute Gasteiger partial charge is 0.406 e. The number of thioether (sulfide) groups is 1. The number of aryl methyl sites for hydroxylation is 1. The van der Waals surface area contributed by atoms with Crippen LogP contribution < -0.4 is 15.0 Å². The van der Waals surface area contributed by atoms with E-state index in [9.17, 15) is 22.8 Å². The number of carbonyl (C=O) groups excluding carboxylic acids is 2. The number of hydrogen-bond donors (Lipinski definition) is 1. The molecule has 47 heavy (non-hydrogen) atoms. The van der Waals surface area contributed by atoms with Crippen molar-refractivity contribution in [3.63, 3.8) is 0 Å². The number of halogens is 3. The third kappa shape index (κ3) is 8.59. The second kappa shape index (κ2) is 14.4. The van der Waals surface area contributed by atoms with E-state index in [0.717, 1.165) is 40.8 Å². The summed E-state index contributed by atoms with van der Waals surface area (Å²) in [5, 5.41) is 7.71. The van der Waals surface area contributed by atoms with Crippen molar-refractivity contribution in [2.75, 3.05) is 17.2 Å². The number of alkyl halides is 3. The van der Waals surface area contributed by atoms with Gasteiger partial charge in [0, 0.05) is 12.1 Å². The molecule has 246 valence electrons. The molecule has 1 aliphatic heterocycles. The molecule has 1 atom stereocenters. The Balaban J connectivity index is 1.12. The number of anilines is 1. The summed E-state index contributed by atoms with van der Waals surface area (Å²) < 4.78 is 42.7. The second-order valence-corrected chi connectivity index (χ2v) is 12.6. The van der Waals surface area contributed by atoms with Crippen LogP contribution in [-0.4, -0.2) is 50.5 Å². The number of aromatic nitrogens is 3. The van der Waals surface area contributed by atoms with Crippen LogP contribution in [0.25, 0.3) is 17.1 Å². The van der Waals surface area contributed by atoms with Crippen molar-refractivity contribution in [3.05, 3.63) is 89.7 Å². The molecule has 4 aromatic rings. The first-order chi connectivity index (χ1) is 22.4. The van der Waals surface area contributed by atoms with Gasteiger partial charge in [-0.2, -0.15) is 4.99 Å². The third-order valence-electron chi connectivity index (χ3n) is 7.62. The molecule has 1 aromatic heterocycles. The molecule has 0 radical (unpaired) electrons. The minimum Gasteiger partial charge on any atom is -0.406 e. The predicted octanol–water partition coefficient (Wildman–Crippen LogP) is 7.68. The topological polar surface area (TPSA) is 102 Å². The standard InChI is InChI=1S/C34H35F3N6O3S/c1-21(2)30-23(4)6-5-7-28(30)43-29(44)19-47-33(43)40-32(45)38-17-16-22(3)18-24-8-10-25(11-9-24)31-39-20-42(41-31)26-12-14-27(15-13-26)46-34(35,36)37/h5-15,20-22H,16-19H2,1-4H3,(H,38,45). The zero-order chi connectivity index (χ0) is 33.7. The van der Waals surface area contributed by atoms with Gasteiger partial charge in [0.25, 0.3) is 0 Å². The summed E-state index contributed by atoms with van der Waals surface area (Å²) in [6, 6.07) is 18.6. The van der Waals surface area contributed by atoms with Gasteiger partial charge in [0.05, 0.1) is 17.1 Å². The Morgan fingerprint density at radius 3 is 2.47 bits per heavy atom. The molecule has 1 N–H and O–H groups in total. The zero-order valence-electron chi connectivity index (χ0n) is 26.4. The largest absolute Gasteiger partial charge is 0.573 e. The molecule has 1 unspecified atom stereocenters. The number of hydrogen-bond acceptors (Lipinski definition) is 6. The summed E-state index contributed by atoms with van der Waals surface area (Å²) >= 11 is 1.27. The van der Waals surface area contributed by atoms with Crippen molar-refractivity contribution in [1.29, 1.82) is 0 Å². The van der Waals surface area contributed by atoms with E-state index in [1.807, 2.05) is 49.4 Å². The fourth-order valence-corrected chi connectivity index (χ4v) is 6.32. The van der Waals surface area contributed by atoms with Crippen LogP contribution in [0, 0.1) is 12.8 Å². The average Bonchev–Trinajstić information content (AvgIpc) is 3.64. The van der Waals surface area contributed by atoms with Crippen molar-refractivity contribution < 1.29 is 27.5 Å². The van der Waals surface area contributed by atoms with E-state index >= 15 is 0 Å². The lowest BCUT2D eigenvalue weighted by molar-refractivity contribution is -0.274. The maximum absolute atomic E-state index is 12.8. The molecule has 9 nitrogen and oxygen atoms in total. The van der Waals surface area contributed by atoms with Gasteiger partial charge in [0.15, 0.2) is 11.0 Å². The minimum atomic E-state index is -4.75. The Morgan fingerprint density at radius 1 is 1.06 bits per heavy atom.